The fourth-order valence-electron chi connectivity index (χ4n) is 1.72. The molecule has 3 amide bonds. The number of urea groups is 1. The third-order valence-corrected chi connectivity index (χ3v) is 2.55. The number of primary amides is 1. The fraction of sp³-hybridized carbons (Fsp3) is 0.778. The zero-order valence-electron chi connectivity index (χ0n) is 8.74. The van der Waals surface area contributed by atoms with E-state index in [-0.39, 0.29) is 12.6 Å². The largest absolute Gasteiger partial charge is 0.368 e. The third kappa shape index (κ3) is 3.75. The van der Waals surface area contributed by atoms with Crippen LogP contribution >= 0.6 is 0 Å². The van der Waals surface area contributed by atoms with Gasteiger partial charge in [-0.3, -0.25) is 4.79 Å². The Morgan fingerprint density at radius 1 is 1.47 bits per heavy atom. The molecule has 6 nitrogen and oxygen atoms in total. The Kier molecular flexibility index (Phi) is 4.36. The molecule has 0 aromatic rings. The summed E-state index contributed by atoms with van der Waals surface area (Å²) in [7, 11) is 0. The first-order chi connectivity index (χ1) is 7.13. The monoisotopic (exact) mass is 214 g/mol. The maximum atomic E-state index is 11.5. The highest BCUT2D eigenvalue weighted by Crippen LogP contribution is 2.14. The number of likely N-dealkylation sites (tertiary alicyclic amines) is 1. The summed E-state index contributed by atoms with van der Waals surface area (Å²) in [5.41, 5.74) is 10.5. The van der Waals surface area contributed by atoms with Gasteiger partial charge in [0.15, 0.2) is 0 Å². The van der Waals surface area contributed by atoms with Crippen LogP contribution in [-0.4, -0.2) is 43.0 Å². The molecule has 5 N–H and O–H groups in total. The molecule has 1 aliphatic heterocycles. The number of rotatable bonds is 3. The van der Waals surface area contributed by atoms with E-state index in [2.05, 4.69) is 5.32 Å². The molecule has 1 saturated heterocycles. The third-order valence-electron chi connectivity index (χ3n) is 2.55. The van der Waals surface area contributed by atoms with Crippen LogP contribution in [0.2, 0.25) is 0 Å². The van der Waals surface area contributed by atoms with E-state index in [1.54, 1.807) is 4.90 Å². The first kappa shape index (κ1) is 11.8. The number of carbonyl (C=O) groups excluding carboxylic acids is 2. The summed E-state index contributed by atoms with van der Waals surface area (Å²) in [6, 6.07) is -0.230. The Hall–Kier alpha value is -1.30. The predicted octanol–water partition coefficient (Wildman–Crippen LogP) is -1.15. The van der Waals surface area contributed by atoms with Crippen molar-refractivity contribution >= 4 is 11.9 Å². The van der Waals surface area contributed by atoms with Gasteiger partial charge in [-0.05, 0) is 25.3 Å². The van der Waals surface area contributed by atoms with Gasteiger partial charge in [0.05, 0.1) is 6.54 Å². The zero-order valence-corrected chi connectivity index (χ0v) is 8.74. The second kappa shape index (κ2) is 5.55. The van der Waals surface area contributed by atoms with Crippen molar-refractivity contribution in [1.29, 1.82) is 0 Å². The summed E-state index contributed by atoms with van der Waals surface area (Å²) in [6.45, 7) is 1.88. The molecule has 6 heteroatoms. The van der Waals surface area contributed by atoms with Crippen LogP contribution in [-0.2, 0) is 4.79 Å². The topological polar surface area (TPSA) is 101 Å². The van der Waals surface area contributed by atoms with E-state index in [4.69, 9.17) is 11.5 Å². The Morgan fingerprint density at radius 2 is 2.20 bits per heavy atom. The highest BCUT2D eigenvalue weighted by atomic mass is 16.2. The molecule has 1 unspecified atom stereocenters. The molecule has 0 aromatic carbocycles. The van der Waals surface area contributed by atoms with Gasteiger partial charge in [0, 0.05) is 13.1 Å². The number of piperidine rings is 1. The van der Waals surface area contributed by atoms with E-state index in [0.717, 1.165) is 19.4 Å². The maximum Gasteiger partial charge on any atom is 0.317 e. The van der Waals surface area contributed by atoms with E-state index < -0.39 is 5.91 Å². The highest BCUT2D eigenvalue weighted by molar-refractivity contribution is 5.82. The molecule has 86 valence electrons. The molecule has 0 spiro atoms. The van der Waals surface area contributed by atoms with Crippen LogP contribution in [0.25, 0.3) is 0 Å². The van der Waals surface area contributed by atoms with Gasteiger partial charge in [0.2, 0.25) is 5.91 Å². The molecule has 0 saturated carbocycles. The standard InChI is InChI=1S/C9H18N4O2/c10-4-7-2-1-3-13(6-7)9(15)12-5-8(11)14/h7H,1-6,10H2,(H2,11,14)(H,12,15). The second-order valence-electron chi connectivity index (χ2n) is 3.81. The van der Waals surface area contributed by atoms with Crippen molar-refractivity contribution in [2.75, 3.05) is 26.2 Å². The van der Waals surface area contributed by atoms with Gasteiger partial charge in [0.25, 0.3) is 0 Å². The van der Waals surface area contributed by atoms with Crippen molar-refractivity contribution in [3.63, 3.8) is 0 Å². The molecule has 15 heavy (non-hydrogen) atoms. The van der Waals surface area contributed by atoms with Gasteiger partial charge in [0.1, 0.15) is 0 Å². The van der Waals surface area contributed by atoms with Crippen molar-refractivity contribution in [3.8, 4) is 0 Å². The molecule has 0 aliphatic carbocycles. The molecule has 1 rings (SSSR count). The van der Waals surface area contributed by atoms with E-state index in [1.165, 1.54) is 0 Å². The molecule has 1 aliphatic rings. The van der Waals surface area contributed by atoms with Crippen LogP contribution in [0.5, 0.6) is 0 Å². The fourth-order valence-corrected chi connectivity index (χ4v) is 1.72. The first-order valence-electron chi connectivity index (χ1n) is 5.14. The molecule has 1 heterocycles. The predicted molar refractivity (Wildman–Crippen MR) is 55.9 cm³/mol. The lowest BCUT2D eigenvalue weighted by Gasteiger charge is -2.31. The minimum Gasteiger partial charge on any atom is -0.368 e. The Labute approximate surface area is 89.0 Å². The number of nitrogens with two attached hydrogens (primary N) is 2. The maximum absolute atomic E-state index is 11.5. The number of nitrogens with zero attached hydrogens (tertiary/aromatic N) is 1. The molecular formula is C9H18N4O2. The van der Waals surface area contributed by atoms with E-state index in [9.17, 15) is 9.59 Å². The molecular weight excluding hydrogens is 196 g/mol. The Bertz CT molecular complexity index is 244. The summed E-state index contributed by atoms with van der Waals surface area (Å²) < 4.78 is 0. The van der Waals surface area contributed by atoms with Crippen LogP contribution in [0, 0.1) is 5.92 Å². The summed E-state index contributed by atoms with van der Waals surface area (Å²) in [4.78, 5) is 23.7. The average molecular weight is 214 g/mol. The van der Waals surface area contributed by atoms with Gasteiger partial charge in [-0.1, -0.05) is 0 Å². The van der Waals surface area contributed by atoms with E-state index >= 15 is 0 Å². The van der Waals surface area contributed by atoms with Crippen LogP contribution in [0.4, 0.5) is 4.79 Å². The number of carbonyl (C=O) groups is 2. The number of nitrogens with one attached hydrogen (secondary N) is 1. The first-order valence-corrected chi connectivity index (χ1v) is 5.14. The van der Waals surface area contributed by atoms with E-state index in [0.29, 0.717) is 19.0 Å². The van der Waals surface area contributed by atoms with Crippen molar-refractivity contribution < 1.29 is 9.59 Å². The van der Waals surface area contributed by atoms with Crippen LogP contribution < -0.4 is 16.8 Å². The lowest BCUT2D eigenvalue weighted by atomic mass is 9.99. The van der Waals surface area contributed by atoms with Crippen LogP contribution in [0.15, 0.2) is 0 Å². The smallest absolute Gasteiger partial charge is 0.317 e. The van der Waals surface area contributed by atoms with Crippen LogP contribution in [0.3, 0.4) is 0 Å². The zero-order chi connectivity index (χ0) is 11.3. The van der Waals surface area contributed by atoms with Crippen molar-refractivity contribution in [1.82, 2.24) is 10.2 Å². The number of hydrogen-bond acceptors (Lipinski definition) is 3. The van der Waals surface area contributed by atoms with Gasteiger partial charge < -0.3 is 21.7 Å². The minimum atomic E-state index is -0.532. The molecule has 1 fully saturated rings. The van der Waals surface area contributed by atoms with Crippen molar-refractivity contribution in [2.24, 2.45) is 17.4 Å². The highest BCUT2D eigenvalue weighted by Gasteiger charge is 2.22. The normalized spacial score (nSPS) is 21.1. The van der Waals surface area contributed by atoms with Gasteiger partial charge in [-0.2, -0.15) is 0 Å². The van der Waals surface area contributed by atoms with E-state index in [1.807, 2.05) is 0 Å². The quantitative estimate of drug-likeness (QED) is 0.553. The molecule has 0 radical (unpaired) electrons. The second-order valence-corrected chi connectivity index (χ2v) is 3.81. The summed E-state index contributed by atoms with van der Waals surface area (Å²) >= 11 is 0. The lowest BCUT2D eigenvalue weighted by Crippen LogP contribution is -2.48. The van der Waals surface area contributed by atoms with Gasteiger partial charge in [-0.15, -0.1) is 0 Å². The van der Waals surface area contributed by atoms with Gasteiger partial charge >= 0.3 is 6.03 Å². The van der Waals surface area contributed by atoms with Crippen molar-refractivity contribution in [3.05, 3.63) is 0 Å². The summed E-state index contributed by atoms with van der Waals surface area (Å²) in [5, 5.41) is 2.47. The number of hydrogen-bond donors (Lipinski definition) is 3. The van der Waals surface area contributed by atoms with Crippen LogP contribution in [0.1, 0.15) is 12.8 Å². The summed E-state index contributed by atoms with van der Waals surface area (Å²) in [6.07, 6.45) is 2.03. The summed E-state index contributed by atoms with van der Waals surface area (Å²) in [5.74, 6) is -0.159. The SMILES string of the molecule is NCC1CCCN(C(=O)NCC(N)=O)C1. The number of amides is 3. The molecule has 0 aromatic heterocycles. The Balaban J connectivity index is 2.35. The molecule has 0 bridgehead atoms. The average Bonchev–Trinajstić information content (AvgIpc) is 2.26. The van der Waals surface area contributed by atoms with Crippen molar-refractivity contribution in [2.45, 2.75) is 12.8 Å². The Morgan fingerprint density at radius 3 is 2.80 bits per heavy atom. The van der Waals surface area contributed by atoms with Gasteiger partial charge in [-0.25, -0.2) is 4.79 Å². The minimum absolute atomic E-state index is 0.109. The molecule has 1 atom stereocenters. The lowest BCUT2D eigenvalue weighted by molar-refractivity contribution is -0.117.